The van der Waals surface area contributed by atoms with E-state index >= 15 is 0 Å². The van der Waals surface area contributed by atoms with Gasteiger partial charge in [0.1, 0.15) is 5.82 Å². The monoisotopic (exact) mass is 343 g/mol. The van der Waals surface area contributed by atoms with Gasteiger partial charge < -0.3 is 5.32 Å². The van der Waals surface area contributed by atoms with E-state index in [1.54, 1.807) is 12.1 Å². The lowest BCUT2D eigenvalue weighted by molar-refractivity contribution is 0.424. The maximum absolute atomic E-state index is 13.6. The number of rotatable bonds is 1. The number of fused-ring (bicyclic) bond motifs is 3. The molecule has 0 spiro atoms. The average Bonchev–Trinajstić information content (AvgIpc) is 2.96. The molecule has 0 saturated heterocycles. The molecule has 0 fully saturated rings. The largest absolute Gasteiger partial charge is 0.378 e. The van der Waals surface area contributed by atoms with Crippen LogP contribution in [0.2, 0.25) is 0 Å². The molecule has 1 aliphatic heterocycles. The maximum Gasteiger partial charge on any atom is 0.123 e. The highest BCUT2D eigenvalue weighted by Crippen LogP contribution is 2.50. The smallest absolute Gasteiger partial charge is 0.123 e. The van der Waals surface area contributed by atoms with Crippen LogP contribution in [-0.4, -0.2) is 0 Å². The SMILES string of the molecule is Fc1cccc([C@@H]2Nc3ccc(Br)cc3[C@H]3C=CC[C@@H]32)c1. The van der Waals surface area contributed by atoms with Crippen molar-refractivity contribution in [2.24, 2.45) is 5.92 Å². The number of halogens is 2. The lowest BCUT2D eigenvalue weighted by Crippen LogP contribution is -2.29. The fourth-order valence-electron chi connectivity index (χ4n) is 3.60. The van der Waals surface area contributed by atoms with Crippen LogP contribution in [0.25, 0.3) is 0 Å². The van der Waals surface area contributed by atoms with Gasteiger partial charge in [-0.2, -0.15) is 0 Å². The Hall–Kier alpha value is -1.61. The van der Waals surface area contributed by atoms with Gasteiger partial charge in [-0.05, 0) is 53.8 Å². The van der Waals surface area contributed by atoms with Crippen molar-refractivity contribution in [2.45, 2.75) is 18.4 Å². The zero-order valence-electron chi connectivity index (χ0n) is 11.4. The van der Waals surface area contributed by atoms with Crippen LogP contribution < -0.4 is 5.32 Å². The first-order chi connectivity index (χ1) is 10.2. The molecule has 0 amide bonds. The molecule has 0 aromatic heterocycles. The number of hydrogen-bond acceptors (Lipinski definition) is 1. The molecule has 1 heterocycles. The third kappa shape index (κ3) is 2.20. The molecule has 3 heteroatoms. The Morgan fingerprint density at radius 2 is 2.05 bits per heavy atom. The number of hydrogen-bond donors (Lipinski definition) is 1. The van der Waals surface area contributed by atoms with Gasteiger partial charge in [0, 0.05) is 16.1 Å². The highest BCUT2D eigenvalue weighted by atomic mass is 79.9. The van der Waals surface area contributed by atoms with Gasteiger partial charge in [-0.15, -0.1) is 0 Å². The molecule has 0 radical (unpaired) electrons. The number of allylic oxidation sites excluding steroid dienone is 2. The fraction of sp³-hybridized carbons (Fsp3) is 0.222. The third-order valence-corrected chi connectivity index (χ3v) is 5.03. The first-order valence-corrected chi connectivity index (χ1v) is 8.00. The summed E-state index contributed by atoms with van der Waals surface area (Å²) in [5, 5.41) is 3.61. The molecule has 0 bridgehead atoms. The van der Waals surface area contributed by atoms with E-state index in [4.69, 9.17) is 0 Å². The summed E-state index contributed by atoms with van der Waals surface area (Å²) in [5.41, 5.74) is 3.51. The first kappa shape index (κ1) is 13.1. The Balaban J connectivity index is 1.80. The molecule has 0 unspecified atom stereocenters. The van der Waals surface area contributed by atoms with Crippen LogP contribution in [0, 0.1) is 11.7 Å². The predicted octanol–water partition coefficient (Wildman–Crippen LogP) is 5.41. The summed E-state index contributed by atoms with van der Waals surface area (Å²) in [4.78, 5) is 0. The van der Waals surface area contributed by atoms with Gasteiger partial charge in [0.25, 0.3) is 0 Å². The van der Waals surface area contributed by atoms with Crippen LogP contribution in [0.3, 0.4) is 0 Å². The normalized spacial score (nSPS) is 26.1. The molecule has 2 aliphatic rings. The molecule has 1 N–H and O–H groups in total. The Labute approximate surface area is 132 Å². The van der Waals surface area contributed by atoms with Gasteiger partial charge in [-0.1, -0.05) is 40.2 Å². The molecule has 1 aliphatic carbocycles. The standard InChI is InChI=1S/C18H15BrFN/c19-12-7-8-17-16(10-12)14-5-2-6-15(14)18(21-17)11-3-1-4-13(20)9-11/h1-5,7-10,14-15,18,21H,6H2/t14-,15-,18-/m0/s1. The van der Waals surface area contributed by atoms with E-state index in [1.165, 1.54) is 11.6 Å². The Bertz CT molecular complexity index is 725. The van der Waals surface area contributed by atoms with Gasteiger partial charge in [0.05, 0.1) is 6.04 Å². The molecule has 0 saturated carbocycles. The summed E-state index contributed by atoms with van der Waals surface area (Å²) < 4.78 is 14.7. The van der Waals surface area contributed by atoms with Gasteiger partial charge in [-0.3, -0.25) is 0 Å². The van der Waals surface area contributed by atoms with Gasteiger partial charge in [0.2, 0.25) is 0 Å². The molecular weight excluding hydrogens is 329 g/mol. The summed E-state index contributed by atoms with van der Waals surface area (Å²) in [7, 11) is 0. The molecular formula is C18H15BrFN. The van der Waals surface area contributed by atoms with E-state index in [0.717, 1.165) is 22.1 Å². The molecule has 4 rings (SSSR count). The second-order valence-electron chi connectivity index (χ2n) is 5.76. The second kappa shape index (κ2) is 4.99. The summed E-state index contributed by atoms with van der Waals surface area (Å²) in [6.07, 6.45) is 5.58. The van der Waals surface area contributed by atoms with E-state index in [2.05, 4.69) is 45.5 Å². The minimum Gasteiger partial charge on any atom is -0.378 e. The zero-order chi connectivity index (χ0) is 14.4. The van der Waals surface area contributed by atoms with Crippen molar-refractivity contribution < 1.29 is 4.39 Å². The Kier molecular flexibility index (Phi) is 3.11. The van der Waals surface area contributed by atoms with Crippen molar-refractivity contribution in [3.05, 3.63) is 76.0 Å². The van der Waals surface area contributed by atoms with Crippen LogP contribution in [0.5, 0.6) is 0 Å². The molecule has 1 nitrogen and oxygen atoms in total. The predicted molar refractivity (Wildman–Crippen MR) is 86.9 cm³/mol. The highest BCUT2D eigenvalue weighted by Gasteiger charge is 2.37. The van der Waals surface area contributed by atoms with Crippen molar-refractivity contribution in [3.63, 3.8) is 0 Å². The molecule has 3 atom stereocenters. The number of nitrogens with one attached hydrogen (secondary N) is 1. The minimum atomic E-state index is -0.168. The summed E-state index contributed by atoms with van der Waals surface area (Å²) in [6.45, 7) is 0. The maximum atomic E-state index is 13.6. The van der Waals surface area contributed by atoms with Crippen molar-refractivity contribution >= 4 is 21.6 Å². The average molecular weight is 344 g/mol. The lowest BCUT2D eigenvalue weighted by Gasteiger charge is -2.37. The number of benzene rings is 2. The van der Waals surface area contributed by atoms with Crippen molar-refractivity contribution in [3.8, 4) is 0 Å². The van der Waals surface area contributed by atoms with E-state index in [-0.39, 0.29) is 11.9 Å². The van der Waals surface area contributed by atoms with Gasteiger partial charge in [0.15, 0.2) is 0 Å². The van der Waals surface area contributed by atoms with E-state index in [0.29, 0.717) is 11.8 Å². The Morgan fingerprint density at radius 3 is 2.90 bits per heavy atom. The van der Waals surface area contributed by atoms with Crippen LogP contribution in [0.15, 0.2) is 59.1 Å². The van der Waals surface area contributed by atoms with Crippen molar-refractivity contribution in [1.29, 1.82) is 0 Å². The molecule has 21 heavy (non-hydrogen) atoms. The molecule has 2 aromatic rings. The van der Waals surface area contributed by atoms with E-state index in [9.17, 15) is 4.39 Å². The summed E-state index contributed by atoms with van der Waals surface area (Å²) in [6, 6.07) is 13.5. The van der Waals surface area contributed by atoms with E-state index in [1.807, 2.05) is 12.1 Å². The fourth-order valence-corrected chi connectivity index (χ4v) is 3.97. The van der Waals surface area contributed by atoms with Crippen LogP contribution >= 0.6 is 15.9 Å². The topological polar surface area (TPSA) is 12.0 Å². The van der Waals surface area contributed by atoms with Crippen LogP contribution in [0.1, 0.15) is 29.5 Å². The first-order valence-electron chi connectivity index (χ1n) is 7.20. The minimum absolute atomic E-state index is 0.161. The van der Waals surface area contributed by atoms with Gasteiger partial charge >= 0.3 is 0 Å². The lowest BCUT2D eigenvalue weighted by atomic mass is 9.77. The van der Waals surface area contributed by atoms with Gasteiger partial charge in [-0.25, -0.2) is 4.39 Å². The molecule has 2 aromatic carbocycles. The number of anilines is 1. The highest BCUT2D eigenvalue weighted by molar-refractivity contribution is 9.10. The molecule has 106 valence electrons. The summed E-state index contributed by atoms with van der Waals surface area (Å²) in [5.74, 6) is 0.694. The van der Waals surface area contributed by atoms with E-state index < -0.39 is 0 Å². The van der Waals surface area contributed by atoms with Crippen LogP contribution in [-0.2, 0) is 0 Å². The third-order valence-electron chi connectivity index (χ3n) is 4.53. The van der Waals surface area contributed by atoms with Crippen molar-refractivity contribution in [1.82, 2.24) is 0 Å². The quantitative estimate of drug-likeness (QED) is 0.682. The van der Waals surface area contributed by atoms with Crippen molar-refractivity contribution in [2.75, 3.05) is 5.32 Å². The zero-order valence-corrected chi connectivity index (χ0v) is 13.0. The van der Waals surface area contributed by atoms with Crippen LogP contribution in [0.4, 0.5) is 10.1 Å². The Morgan fingerprint density at radius 1 is 1.14 bits per heavy atom. The summed E-state index contributed by atoms with van der Waals surface area (Å²) >= 11 is 3.56. The second-order valence-corrected chi connectivity index (χ2v) is 6.68.